The highest BCUT2D eigenvalue weighted by Crippen LogP contribution is 2.24. The van der Waals surface area contributed by atoms with Crippen molar-refractivity contribution in [2.45, 2.75) is 19.4 Å². The molecule has 2 amide bonds. The summed E-state index contributed by atoms with van der Waals surface area (Å²) in [6.07, 6.45) is -0.213. The predicted octanol–water partition coefficient (Wildman–Crippen LogP) is 2.42. The van der Waals surface area contributed by atoms with Gasteiger partial charge in [0.05, 0.1) is 17.2 Å². The summed E-state index contributed by atoms with van der Waals surface area (Å²) in [5.74, 6) is -0.379. The predicted molar refractivity (Wildman–Crippen MR) is 78.4 cm³/mol. The third-order valence-corrected chi connectivity index (χ3v) is 3.25. The van der Waals surface area contributed by atoms with Gasteiger partial charge in [0.25, 0.3) is 0 Å². The van der Waals surface area contributed by atoms with Gasteiger partial charge in [0.15, 0.2) is 0 Å². The summed E-state index contributed by atoms with van der Waals surface area (Å²) in [4.78, 5) is 11.7. The second-order valence-electron chi connectivity index (χ2n) is 4.36. The van der Waals surface area contributed by atoms with Crippen LogP contribution in [0.4, 0.5) is 14.9 Å². The minimum absolute atomic E-state index is 0.229. The van der Waals surface area contributed by atoms with Crippen molar-refractivity contribution in [3.63, 3.8) is 0 Å². The Bertz CT molecular complexity index is 471. The third-order valence-electron chi connectivity index (χ3n) is 2.64. The topological polar surface area (TPSA) is 70.6 Å². The molecule has 1 aromatic rings. The van der Waals surface area contributed by atoms with Gasteiger partial charge in [-0.05, 0) is 47.0 Å². The van der Waals surface area contributed by atoms with E-state index in [1.807, 2.05) is 0 Å². The lowest BCUT2D eigenvalue weighted by Gasteiger charge is -2.12. The first-order valence-corrected chi connectivity index (χ1v) is 6.90. The van der Waals surface area contributed by atoms with Crippen molar-refractivity contribution in [1.29, 1.82) is 0 Å². The lowest BCUT2D eigenvalue weighted by atomic mass is 10.2. The maximum absolute atomic E-state index is 13.2. The molecular weight excluding hydrogens is 331 g/mol. The van der Waals surface area contributed by atoms with Crippen molar-refractivity contribution in [2.75, 3.05) is 25.6 Å². The SMILES string of the molecule is COC[C@H](O)CCNC(=O)Nc1cc(Br)c(F)cc1C. The third kappa shape index (κ3) is 5.44. The van der Waals surface area contributed by atoms with Crippen LogP contribution in [-0.2, 0) is 4.74 Å². The molecule has 0 radical (unpaired) electrons. The zero-order valence-electron chi connectivity index (χ0n) is 11.4. The second kappa shape index (κ2) is 8.18. The highest BCUT2D eigenvalue weighted by molar-refractivity contribution is 9.10. The number of aliphatic hydroxyl groups excluding tert-OH is 1. The number of aryl methyl sites for hydroxylation is 1. The smallest absolute Gasteiger partial charge is 0.319 e. The number of carbonyl (C=O) groups is 1. The molecule has 0 aliphatic heterocycles. The molecule has 20 heavy (non-hydrogen) atoms. The van der Waals surface area contributed by atoms with Crippen LogP contribution in [0.2, 0.25) is 0 Å². The standard InChI is InChI=1S/C13H18BrFN2O3/c1-8-5-11(15)10(14)6-12(8)17-13(19)16-4-3-9(18)7-20-2/h5-6,9,18H,3-4,7H2,1-2H3,(H2,16,17,19)/t9-/m1/s1. The molecule has 1 rings (SSSR count). The minimum Gasteiger partial charge on any atom is -0.391 e. The van der Waals surface area contributed by atoms with E-state index in [0.29, 0.717) is 24.2 Å². The molecule has 7 heteroatoms. The van der Waals surface area contributed by atoms with Crippen LogP contribution in [0, 0.1) is 12.7 Å². The van der Waals surface area contributed by atoms with Gasteiger partial charge in [-0.25, -0.2) is 9.18 Å². The zero-order chi connectivity index (χ0) is 15.1. The number of rotatable bonds is 6. The van der Waals surface area contributed by atoms with E-state index in [1.165, 1.54) is 19.2 Å². The molecule has 0 aliphatic carbocycles. The average Bonchev–Trinajstić information content (AvgIpc) is 2.36. The highest BCUT2D eigenvalue weighted by Gasteiger charge is 2.09. The first-order chi connectivity index (χ1) is 9.43. The van der Waals surface area contributed by atoms with Crippen molar-refractivity contribution in [3.8, 4) is 0 Å². The molecular formula is C13H18BrFN2O3. The van der Waals surface area contributed by atoms with E-state index < -0.39 is 12.1 Å². The second-order valence-corrected chi connectivity index (χ2v) is 5.21. The number of ether oxygens (including phenoxy) is 1. The van der Waals surface area contributed by atoms with E-state index in [4.69, 9.17) is 4.74 Å². The van der Waals surface area contributed by atoms with Crippen molar-refractivity contribution >= 4 is 27.6 Å². The molecule has 0 aliphatic rings. The van der Waals surface area contributed by atoms with Crippen molar-refractivity contribution in [3.05, 3.63) is 28.0 Å². The van der Waals surface area contributed by atoms with Gasteiger partial charge in [0.1, 0.15) is 5.82 Å². The summed E-state index contributed by atoms with van der Waals surface area (Å²) >= 11 is 3.07. The highest BCUT2D eigenvalue weighted by atomic mass is 79.9. The minimum atomic E-state index is -0.609. The molecule has 0 saturated carbocycles. The summed E-state index contributed by atoms with van der Waals surface area (Å²) in [6, 6.07) is 2.43. The van der Waals surface area contributed by atoms with Gasteiger partial charge in [0, 0.05) is 19.3 Å². The molecule has 0 spiro atoms. The molecule has 0 bridgehead atoms. The number of hydrogen-bond acceptors (Lipinski definition) is 3. The Balaban J connectivity index is 2.45. The molecule has 3 N–H and O–H groups in total. The van der Waals surface area contributed by atoms with Crippen LogP contribution in [-0.4, -0.2) is 37.5 Å². The fourth-order valence-electron chi connectivity index (χ4n) is 1.58. The number of methoxy groups -OCH3 is 1. The Morgan fingerprint density at radius 3 is 2.90 bits per heavy atom. The number of urea groups is 1. The van der Waals surface area contributed by atoms with Crippen molar-refractivity contribution in [1.82, 2.24) is 5.32 Å². The molecule has 1 atom stereocenters. The summed E-state index contributed by atoms with van der Waals surface area (Å²) in [6.45, 7) is 2.25. The Hall–Kier alpha value is -1.18. The van der Waals surface area contributed by atoms with Crippen molar-refractivity contribution in [2.24, 2.45) is 0 Å². The number of anilines is 1. The van der Waals surface area contributed by atoms with Crippen LogP contribution in [0.3, 0.4) is 0 Å². The molecule has 0 heterocycles. The fraction of sp³-hybridized carbons (Fsp3) is 0.462. The van der Waals surface area contributed by atoms with Crippen LogP contribution >= 0.6 is 15.9 Å². The maximum atomic E-state index is 13.2. The van der Waals surface area contributed by atoms with Gasteiger partial charge in [-0.3, -0.25) is 0 Å². The summed E-state index contributed by atoms with van der Waals surface area (Å²) in [5.41, 5.74) is 1.15. The Morgan fingerprint density at radius 1 is 1.55 bits per heavy atom. The van der Waals surface area contributed by atoms with E-state index in [-0.39, 0.29) is 16.9 Å². The van der Waals surface area contributed by atoms with Crippen LogP contribution < -0.4 is 10.6 Å². The van der Waals surface area contributed by atoms with Crippen molar-refractivity contribution < 1.29 is 19.0 Å². The number of aliphatic hydroxyl groups is 1. The van der Waals surface area contributed by atoms with E-state index in [0.717, 1.165) is 0 Å². The van der Waals surface area contributed by atoms with E-state index in [9.17, 15) is 14.3 Å². The fourth-order valence-corrected chi connectivity index (χ4v) is 1.92. The number of hydrogen-bond donors (Lipinski definition) is 3. The van der Waals surface area contributed by atoms with Crippen LogP contribution in [0.25, 0.3) is 0 Å². The maximum Gasteiger partial charge on any atom is 0.319 e. The molecule has 0 unspecified atom stereocenters. The molecule has 5 nitrogen and oxygen atoms in total. The van der Waals surface area contributed by atoms with Crippen LogP contribution in [0.1, 0.15) is 12.0 Å². The number of benzene rings is 1. The van der Waals surface area contributed by atoms with Gasteiger partial charge in [-0.2, -0.15) is 0 Å². The van der Waals surface area contributed by atoms with Gasteiger partial charge in [-0.1, -0.05) is 0 Å². The Labute approximate surface area is 125 Å². The van der Waals surface area contributed by atoms with Gasteiger partial charge in [-0.15, -0.1) is 0 Å². The quantitative estimate of drug-likeness (QED) is 0.739. The van der Waals surface area contributed by atoms with Crippen LogP contribution in [0.5, 0.6) is 0 Å². The Kier molecular flexibility index (Phi) is 6.90. The normalized spacial score (nSPS) is 12.1. The average molecular weight is 349 g/mol. The first-order valence-electron chi connectivity index (χ1n) is 6.11. The lowest BCUT2D eigenvalue weighted by Crippen LogP contribution is -2.32. The first kappa shape index (κ1) is 16.9. The molecule has 0 saturated heterocycles. The number of amides is 2. The zero-order valence-corrected chi connectivity index (χ0v) is 13.0. The van der Waals surface area contributed by atoms with Gasteiger partial charge < -0.3 is 20.5 Å². The van der Waals surface area contributed by atoms with E-state index >= 15 is 0 Å². The largest absolute Gasteiger partial charge is 0.391 e. The summed E-state index contributed by atoms with van der Waals surface area (Å²) in [5, 5.41) is 14.6. The van der Waals surface area contributed by atoms with Crippen LogP contribution in [0.15, 0.2) is 16.6 Å². The monoisotopic (exact) mass is 348 g/mol. The number of nitrogens with one attached hydrogen (secondary N) is 2. The molecule has 112 valence electrons. The Morgan fingerprint density at radius 2 is 2.25 bits per heavy atom. The van der Waals surface area contributed by atoms with Gasteiger partial charge in [0.2, 0.25) is 0 Å². The molecule has 1 aromatic carbocycles. The molecule has 0 fully saturated rings. The van der Waals surface area contributed by atoms with Gasteiger partial charge >= 0.3 is 6.03 Å². The number of carbonyl (C=O) groups excluding carboxylic acids is 1. The summed E-state index contributed by atoms with van der Waals surface area (Å²) < 4.78 is 18.3. The number of halogens is 2. The summed E-state index contributed by atoms with van der Waals surface area (Å²) in [7, 11) is 1.50. The van der Waals surface area contributed by atoms with E-state index in [1.54, 1.807) is 6.92 Å². The lowest BCUT2D eigenvalue weighted by molar-refractivity contribution is 0.0599. The van der Waals surface area contributed by atoms with E-state index in [2.05, 4.69) is 26.6 Å². The molecule has 0 aromatic heterocycles.